The summed E-state index contributed by atoms with van der Waals surface area (Å²) in [5.74, 6) is 0.680. The monoisotopic (exact) mass is 327 g/mol. The highest BCUT2D eigenvalue weighted by molar-refractivity contribution is 7.08. The van der Waals surface area contributed by atoms with E-state index in [0.29, 0.717) is 5.92 Å². The molecule has 1 fully saturated rings. The Morgan fingerprint density at radius 1 is 1.35 bits per heavy atom. The number of carbonyl (C=O) groups excluding carboxylic acids is 1. The number of carbonyl (C=O) groups is 1. The van der Waals surface area contributed by atoms with Crippen molar-refractivity contribution in [3.05, 3.63) is 40.4 Å². The van der Waals surface area contributed by atoms with Gasteiger partial charge in [0.05, 0.1) is 17.5 Å². The van der Waals surface area contributed by atoms with Gasteiger partial charge in [-0.05, 0) is 49.5 Å². The average molecular weight is 327 g/mol. The van der Waals surface area contributed by atoms with E-state index in [-0.39, 0.29) is 5.91 Å². The zero-order valence-corrected chi connectivity index (χ0v) is 14.2. The second-order valence-corrected chi connectivity index (χ2v) is 7.18. The number of allylic oxidation sites excluding steroid dienone is 2. The summed E-state index contributed by atoms with van der Waals surface area (Å²) >= 11 is 1.64. The fraction of sp³-hybridized carbons (Fsp3) is 0.444. The molecule has 1 saturated heterocycles. The first-order chi connectivity index (χ1) is 11.3. The normalized spacial score (nSPS) is 21.0. The molecule has 0 aromatic carbocycles. The molecule has 5 heteroatoms. The van der Waals surface area contributed by atoms with Crippen LogP contribution in [0.25, 0.3) is 11.3 Å². The Kier molecular flexibility index (Phi) is 3.81. The van der Waals surface area contributed by atoms with E-state index in [9.17, 15) is 4.79 Å². The molecule has 0 N–H and O–H groups in total. The summed E-state index contributed by atoms with van der Waals surface area (Å²) in [6.45, 7) is 0.832. The summed E-state index contributed by atoms with van der Waals surface area (Å²) in [6, 6.07) is 2.05. The minimum Gasteiger partial charge on any atom is -0.312 e. The smallest absolute Gasteiger partial charge is 0.261 e. The first-order valence-corrected chi connectivity index (χ1v) is 9.26. The van der Waals surface area contributed by atoms with Gasteiger partial charge >= 0.3 is 0 Å². The van der Waals surface area contributed by atoms with Crippen LogP contribution in [0.3, 0.4) is 0 Å². The van der Waals surface area contributed by atoms with Crippen molar-refractivity contribution in [1.29, 1.82) is 0 Å². The molecule has 0 saturated carbocycles. The molecule has 4 rings (SSSR count). The molecule has 2 aromatic rings. The van der Waals surface area contributed by atoms with Crippen LogP contribution in [0.4, 0.5) is 0 Å². The lowest BCUT2D eigenvalue weighted by Crippen LogP contribution is -2.39. The number of rotatable bonds is 2. The first-order valence-electron chi connectivity index (χ1n) is 8.32. The zero-order valence-electron chi connectivity index (χ0n) is 13.4. The molecule has 23 heavy (non-hydrogen) atoms. The first kappa shape index (κ1) is 14.7. The van der Waals surface area contributed by atoms with Crippen LogP contribution in [0, 0.1) is 5.92 Å². The zero-order chi connectivity index (χ0) is 15.8. The molecule has 0 bridgehead atoms. The Balaban J connectivity index is 1.71. The third kappa shape index (κ3) is 2.53. The molecule has 2 aliphatic rings. The molecule has 2 aromatic heterocycles. The van der Waals surface area contributed by atoms with Crippen molar-refractivity contribution in [2.24, 2.45) is 13.0 Å². The van der Waals surface area contributed by atoms with Crippen molar-refractivity contribution >= 4 is 17.2 Å². The Hall–Kier alpha value is -1.88. The predicted molar refractivity (Wildman–Crippen MR) is 92.2 cm³/mol. The molecular formula is C18H21N3OS. The van der Waals surface area contributed by atoms with E-state index in [2.05, 4.69) is 22.6 Å². The minimum atomic E-state index is 0.108. The van der Waals surface area contributed by atoms with Crippen LogP contribution in [0.1, 0.15) is 42.5 Å². The largest absolute Gasteiger partial charge is 0.312 e. The maximum Gasteiger partial charge on any atom is 0.261 e. The molecule has 1 aliphatic carbocycles. The predicted octanol–water partition coefficient (Wildman–Crippen LogP) is 4.07. The van der Waals surface area contributed by atoms with Gasteiger partial charge in [0.2, 0.25) is 0 Å². The van der Waals surface area contributed by atoms with Gasteiger partial charge in [-0.25, -0.2) is 0 Å². The topological polar surface area (TPSA) is 38.1 Å². The number of aryl methyl sites for hydroxylation is 1. The second kappa shape index (κ2) is 5.96. The quantitative estimate of drug-likeness (QED) is 0.834. The van der Waals surface area contributed by atoms with Gasteiger partial charge in [0, 0.05) is 30.2 Å². The minimum absolute atomic E-state index is 0.108. The van der Waals surface area contributed by atoms with Crippen LogP contribution in [0.5, 0.6) is 0 Å². The van der Waals surface area contributed by atoms with E-state index in [4.69, 9.17) is 0 Å². The molecule has 1 amide bonds. The number of hydrogen-bond donors (Lipinski definition) is 0. The lowest BCUT2D eigenvalue weighted by atomic mass is 9.84. The van der Waals surface area contributed by atoms with E-state index in [1.54, 1.807) is 17.5 Å². The van der Waals surface area contributed by atoms with Gasteiger partial charge in [-0.2, -0.15) is 16.4 Å². The van der Waals surface area contributed by atoms with E-state index < -0.39 is 0 Å². The van der Waals surface area contributed by atoms with Gasteiger partial charge in [-0.15, -0.1) is 0 Å². The van der Waals surface area contributed by atoms with Crippen molar-refractivity contribution < 1.29 is 4.79 Å². The number of hydrogen-bond acceptors (Lipinski definition) is 3. The van der Waals surface area contributed by atoms with Crippen LogP contribution in [-0.4, -0.2) is 27.1 Å². The van der Waals surface area contributed by atoms with E-state index in [0.717, 1.165) is 36.2 Å². The van der Waals surface area contributed by atoms with Crippen LogP contribution < -0.4 is 0 Å². The van der Waals surface area contributed by atoms with Gasteiger partial charge < -0.3 is 4.90 Å². The summed E-state index contributed by atoms with van der Waals surface area (Å²) in [4.78, 5) is 15.2. The highest BCUT2D eigenvalue weighted by atomic mass is 32.1. The van der Waals surface area contributed by atoms with Crippen molar-refractivity contribution in [1.82, 2.24) is 14.7 Å². The fourth-order valence-electron chi connectivity index (χ4n) is 3.88. The number of thiophene rings is 1. The summed E-state index contributed by atoms with van der Waals surface area (Å²) in [7, 11) is 1.91. The number of likely N-dealkylation sites (tertiary alicyclic amines) is 1. The molecule has 4 nitrogen and oxygen atoms in total. The third-order valence-corrected chi connectivity index (χ3v) is 5.67. The molecule has 1 aliphatic heterocycles. The molecule has 1 unspecified atom stereocenters. The standard InChI is InChI=1S/C18H21N3OS/c1-20-17(14-8-10-23-12-14)15(11-19-20)18(22)21-9-4-6-13-5-2-3-7-16(13)21/h7-8,10-13H,2-6,9H2,1H3. The van der Waals surface area contributed by atoms with Crippen molar-refractivity contribution in [3.8, 4) is 11.3 Å². The lowest BCUT2D eigenvalue weighted by molar-refractivity contribution is 0.0749. The third-order valence-electron chi connectivity index (χ3n) is 4.98. The van der Waals surface area contributed by atoms with Crippen molar-refractivity contribution in [3.63, 3.8) is 0 Å². The number of piperidine rings is 1. The lowest BCUT2D eigenvalue weighted by Gasteiger charge is -2.38. The second-order valence-electron chi connectivity index (χ2n) is 6.40. The van der Waals surface area contributed by atoms with Crippen LogP contribution >= 0.6 is 11.3 Å². The van der Waals surface area contributed by atoms with Gasteiger partial charge in [-0.3, -0.25) is 9.48 Å². The van der Waals surface area contributed by atoms with E-state index in [1.165, 1.54) is 25.0 Å². The SMILES string of the molecule is Cn1ncc(C(=O)N2CCCC3CCCC=C32)c1-c1ccsc1. The molecule has 1 atom stereocenters. The van der Waals surface area contributed by atoms with Gasteiger partial charge in [-0.1, -0.05) is 6.08 Å². The number of aromatic nitrogens is 2. The average Bonchev–Trinajstić information content (AvgIpc) is 3.23. The highest BCUT2D eigenvalue weighted by Crippen LogP contribution is 2.36. The summed E-state index contributed by atoms with van der Waals surface area (Å²) in [5, 5.41) is 8.46. The van der Waals surface area contributed by atoms with Gasteiger partial charge in [0.25, 0.3) is 5.91 Å². The summed E-state index contributed by atoms with van der Waals surface area (Å²) < 4.78 is 1.81. The number of amides is 1. The van der Waals surface area contributed by atoms with E-state index in [1.807, 2.05) is 22.0 Å². The summed E-state index contributed by atoms with van der Waals surface area (Å²) in [6.07, 6.45) is 9.90. The van der Waals surface area contributed by atoms with Crippen LogP contribution in [-0.2, 0) is 7.05 Å². The van der Waals surface area contributed by atoms with Gasteiger partial charge in [0.15, 0.2) is 0 Å². The highest BCUT2D eigenvalue weighted by Gasteiger charge is 2.32. The maximum atomic E-state index is 13.2. The number of nitrogens with zero attached hydrogens (tertiary/aromatic N) is 3. The Labute approximate surface area is 140 Å². The number of fused-ring (bicyclic) bond motifs is 1. The van der Waals surface area contributed by atoms with Crippen LogP contribution in [0.2, 0.25) is 0 Å². The molecule has 3 heterocycles. The van der Waals surface area contributed by atoms with Crippen LogP contribution in [0.15, 0.2) is 34.8 Å². The molecule has 120 valence electrons. The van der Waals surface area contributed by atoms with Crippen molar-refractivity contribution in [2.75, 3.05) is 6.54 Å². The Bertz CT molecular complexity index is 744. The van der Waals surface area contributed by atoms with E-state index >= 15 is 0 Å². The molecule has 0 radical (unpaired) electrons. The molecule has 0 spiro atoms. The summed E-state index contributed by atoms with van der Waals surface area (Å²) in [5.41, 5.74) is 3.98. The van der Waals surface area contributed by atoms with Gasteiger partial charge in [0.1, 0.15) is 0 Å². The Morgan fingerprint density at radius 3 is 3.04 bits per heavy atom. The molecular weight excluding hydrogens is 306 g/mol. The Morgan fingerprint density at radius 2 is 2.22 bits per heavy atom. The fourth-order valence-corrected chi connectivity index (χ4v) is 4.52. The van der Waals surface area contributed by atoms with Crippen molar-refractivity contribution in [2.45, 2.75) is 32.1 Å². The maximum absolute atomic E-state index is 13.2.